The summed E-state index contributed by atoms with van der Waals surface area (Å²) in [7, 11) is 4.58. The van der Waals surface area contributed by atoms with E-state index in [4.69, 9.17) is 19.9 Å². The molecule has 0 heterocycles. The fourth-order valence-corrected chi connectivity index (χ4v) is 1.69. The van der Waals surface area contributed by atoms with E-state index in [0.717, 1.165) is 0 Å². The first-order chi connectivity index (χ1) is 8.19. The summed E-state index contributed by atoms with van der Waals surface area (Å²) in [5.74, 6) is 1.52. The number of nitrogens with two attached hydrogens (primary N) is 1. The van der Waals surface area contributed by atoms with Crippen LogP contribution >= 0.6 is 0 Å². The molecule has 17 heavy (non-hydrogen) atoms. The van der Waals surface area contributed by atoms with Crippen molar-refractivity contribution in [3.05, 3.63) is 17.7 Å². The van der Waals surface area contributed by atoms with Crippen molar-refractivity contribution in [3.63, 3.8) is 0 Å². The standard InChI is InChI=1S/C12H18FNO3/c1-15-10-5-4-8(9(14)6-7-13)11(16-2)12(10)17-3/h4-5,9H,6-7,14H2,1-3H3/t9-/m1/s1. The van der Waals surface area contributed by atoms with Crippen LogP contribution in [0.5, 0.6) is 17.2 Å². The van der Waals surface area contributed by atoms with Gasteiger partial charge >= 0.3 is 0 Å². The number of methoxy groups -OCH3 is 3. The summed E-state index contributed by atoms with van der Waals surface area (Å²) < 4.78 is 28.0. The lowest BCUT2D eigenvalue weighted by atomic mass is 10.0. The maximum absolute atomic E-state index is 12.3. The molecule has 0 amide bonds. The second-order valence-electron chi connectivity index (χ2n) is 3.51. The highest BCUT2D eigenvalue weighted by atomic mass is 19.1. The molecule has 0 unspecified atom stereocenters. The van der Waals surface area contributed by atoms with Crippen LogP contribution in [0.1, 0.15) is 18.0 Å². The van der Waals surface area contributed by atoms with Crippen LogP contribution in [0, 0.1) is 0 Å². The highest BCUT2D eigenvalue weighted by Crippen LogP contribution is 2.42. The number of ether oxygens (including phenoxy) is 3. The zero-order valence-electron chi connectivity index (χ0n) is 10.3. The number of rotatable bonds is 6. The van der Waals surface area contributed by atoms with Gasteiger partial charge in [-0.3, -0.25) is 4.39 Å². The van der Waals surface area contributed by atoms with Crippen LogP contribution in [0.2, 0.25) is 0 Å². The lowest BCUT2D eigenvalue weighted by Gasteiger charge is -2.18. The normalized spacial score (nSPS) is 12.1. The SMILES string of the molecule is COc1ccc([C@H](N)CCF)c(OC)c1OC. The molecular weight excluding hydrogens is 225 g/mol. The van der Waals surface area contributed by atoms with Crippen LogP contribution in [0.15, 0.2) is 12.1 Å². The maximum Gasteiger partial charge on any atom is 0.203 e. The van der Waals surface area contributed by atoms with Crippen molar-refractivity contribution in [2.75, 3.05) is 28.0 Å². The predicted molar refractivity (Wildman–Crippen MR) is 63.6 cm³/mol. The Kier molecular flexibility index (Phi) is 5.03. The number of hydrogen-bond acceptors (Lipinski definition) is 4. The third-order valence-electron chi connectivity index (χ3n) is 2.55. The Hall–Kier alpha value is -1.49. The Bertz CT molecular complexity index is 371. The molecule has 1 atom stereocenters. The average molecular weight is 243 g/mol. The fraction of sp³-hybridized carbons (Fsp3) is 0.500. The van der Waals surface area contributed by atoms with Gasteiger partial charge < -0.3 is 19.9 Å². The number of benzene rings is 1. The Balaban J connectivity index is 3.22. The largest absolute Gasteiger partial charge is 0.493 e. The number of hydrogen-bond donors (Lipinski definition) is 1. The van der Waals surface area contributed by atoms with Gasteiger partial charge in [0.1, 0.15) is 0 Å². The summed E-state index contributed by atoms with van der Waals surface area (Å²) in [6.45, 7) is -0.474. The highest BCUT2D eigenvalue weighted by Gasteiger charge is 2.19. The molecular formula is C12H18FNO3. The Morgan fingerprint density at radius 1 is 1.12 bits per heavy atom. The van der Waals surface area contributed by atoms with Crippen LogP contribution in [0.4, 0.5) is 4.39 Å². The van der Waals surface area contributed by atoms with Crippen molar-refractivity contribution in [2.45, 2.75) is 12.5 Å². The van der Waals surface area contributed by atoms with Gasteiger partial charge in [-0.25, -0.2) is 0 Å². The molecule has 1 rings (SSSR count). The summed E-state index contributed by atoms with van der Waals surface area (Å²) in [6, 6.07) is 3.07. The summed E-state index contributed by atoms with van der Waals surface area (Å²) in [4.78, 5) is 0. The molecule has 0 aliphatic rings. The number of halogens is 1. The molecule has 0 aliphatic heterocycles. The van der Waals surface area contributed by atoms with Crippen molar-refractivity contribution in [1.29, 1.82) is 0 Å². The second-order valence-corrected chi connectivity index (χ2v) is 3.51. The van der Waals surface area contributed by atoms with E-state index >= 15 is 0 Å². The molecule has 1 aromatic carbocycles. The summed E-state index contributed by atoms with van der Waals surface area (Å²) >= 11 is 0. The molecule has 96 valence electrons. The van der Waals surface area contributed by atoms with Crippen molar-refractivity contribution in [2.24, 2.45) is 5.73 Å². The molecule has 2 N–H and O–H groups in total. The van der Waals surface area contributed by atoms with E-state index in [9.17, 15) is 4.39 Å². The zero-order chi connectivity index (χ0) is 12.8. The van der Waals surface area contributed by atoms with Gasteiger partial charge in [-0.05, 0) is 18.6 Å². The highest BCUT2D eigenvalue weighted by molar-refractivity contribution is 5.56. The maximum atomic E-state index is 12.3. The molecule has 1 aromatic rings. The van der Waals surface area contributed by atoms with Gasteiger partial charge in [0.05, 0.1) is 28.0 Å². The molecule has 0 bridgehead atoms. The first-order valence-corrected chi connectivity index (χ1v) is 5.30. The minimum absolute atomic E-state index is 0.242. The van der Waals surface area contributed by atoms with Crippen LogP contribution in [-0.2, 0) is 0 Å². The molecule has 0 saturated carbocycles. The van der Waals surface area contributed by atoms with Crippen molar-refractivity contribution < 1.29 is 18.6 Å². The molecule has 0 aliphatic carbocycles. The van der Waals surface area contributed by atoms with Gasteiger partial charge in [-0.2, -0.15) is 0 Å². The molecule has 5 heteroatoms. The Labute approximate surface area is 100 Å². The van der Waals surface area contributed by atoms with E-state index in [2.05, 4.69) is 0 Å². The zero-order valence-corrected chi connectivity index (χ0v) is 10.3. The van der Waals surface area contributed by atoms with Crippen LogP contribution in [-0.4, -0.2) is 28.0 Å². The molecule has 0 fully saturated rings. The van der Waals surface area contributed by atoms with Gasteiger partial charge in [-0.15, -0.1) is 0 Å². The Morgan fingerprint density at radius 3 is 2.24 bits per heavy atom. The van der Waals surface area contributed by atoms with Gasteiger partial charge in [0.2, 0.25) is 5.75 Å². The Morgan fingerprint density at radius 2 is 1.76 bits per heavy atom. The topological polar surface area (TPSA) is 53.7 Å². The average Bonchev–Trinajstić information content (AvgIpc) is 2.36. The van der Waals surface area contributed by atoms with Crippen molar-refractivity contribution >= 4 is 0 Å². The van der Waals surface area contributed by atoms with Gasteiger partial charge in [0, 0.05) is 11.6 Å². The minimum atomic E-state index is -0.474. The molecule has 0 aromatic heterocycles. The third kappa shape index (κ3) is 2.79. The lowest BCUT2D eigenvalue weighted by Crippen LogP contribution is -2.13. The van der Waals surface area contributed by atoms with Crippen LogP contribution in [0.3, 0.4) is 0 Å². The summed E-state index contributed by atoms with van der Waals surface area (Å²) in [5, 5.41) is 0. The van der Waals surface area contributed by atoms with E-state index in [1.54, 1.807) is 19.2 Å². The van der Waals surface area contributed by atoms with Crippen LogP contribution in [0.25, 0.3) is 0 Å². The van der Waals surface area contributed by atoms with Crippen molar-refractivity contribution in [3.8, 4) is 17.2 Å². The van der Waals surface area contributed by atoms with E-state index in [1.807, 2.05) is 0 Å². The predicted octanol–water partition coefficient (Wildman–Crippen LogP) is 2.07. The van der Waals surface area contributed by atoms with Gasteiger partial charge in [-0.1, -0.05) is 0 Å². The van der Waals surface area contributed by atoms with E-state index < -0.39 is 12.7 Å². The molecule has 0 spiro atoms. The van der Waals surface area contributed by atoms with E-state index in [1.165, 1.54) is 14.2 Å². The minimum Gasteiger partial charge on any atom is -0.493 e. The van der Waals surface area contributed by atoms with Gasteiger partial charge in [0.15, 0.2) is 11.5 Å². The van der Waals surface area contributed by atoms with E-state index in [0.29, 0.717) is 22.8 Å². The smallest absolute Gasteiger partial charge is 0.203 e. The number of alkyl halides is 1. The lowest BCUT2D eigenvalue weighted by molar-refractivity contribution is 0.319. The quantitative estimate of drug-likeness (QED) is 0.831. The monoisotopic (exact) mass is 243 g/mol. The van der Waals surface area contributed by atoms with Crippen molar-refractivity contribution in [1.82, 2.24) is 0 Å². The summed E-state index contributed by atoms with van der Waals surface area (Å²) in [5.41, 5.74) is 6.59. The molecule has 4 nitrogen and oxygen atoms in total. The molecule has 0 saturated heterocycles. The first kappa shape index (κ1) is 13.6. The fourth-order valence-electron chi connectivity index (χ4n) is 1.69. The van der Waals surface area contributed by atoms with E-state index in [-0.39, 0.29) is 6.42 Å². The van der Waals surface area contributed by atoms with Gasteiger partial charge in [0.25, 0.3) is 0 Å². The van der Waals surface area contributed by atoms with Crippen LogP contribution < -0.4 is 19.9 Å². The second kappa shape index (κ2) is 6.30. The summed E-state index contributed by atoms with van der Waals surface area (Å²) in [6.07, 6.45) is 0.242. The molecule has 0 radical (unpaired) electrons. The third-order valence-corrected chi connectivity index (χ3v) is 2.55. The first-order valence-electron chi connectivity index (χ1n) is 5.30.